The highest BCUT2D eigenvalue weighted by Crippen LogP contribution is 2.35. The molecule has 3 aromatic rings. The Balaban J connectivity index is 1.92. The molecule has 2 N–H and O–H groups in total. The standard InChI is InChI=1S/C17H15FN4O4/c1-20-6-7-21-12-11(14(23)13(21)17(20)26)16(25)22(19-15(12)24)8-9-2-4-10(18)5-3-9/h2-5,23H,6-8H2,1H3,(H,19,24). The number of halogens is 1. The minimum Gasteiger partial charge on any atom is -0.505 e. The van der Waals surface area contributed by atoms with Gasteiger partial charge in [0.2, 0.25) is 0 Å². The van der Waals surface area contributed by atoms with Crippen molar-refractivity contribution >= 4 is 16.8 Å². The lowest BCUT2D eigenvalue weighted by molar-refractivity contribution is 0.0747. The van der Waals surface area contributed by atoms with Gasteiger partial charge in [0.15, 0.2) is 11.4 Å². The van der Waals surface area contributed by atoms with E-state index in [4.69, 9.17) is 0 Å². The Kier molecular flexibility index (Phi) is 3.46. The summed E-state index contributed by atoms with van der Waals surface area (Å²) in [6.07, 6.45) is 0. The number of rotatable bonds is 2. The lowest BCUT2D eigenvalue weighted by Gasteiger charge is -2.24. The van der Waals surface area contributed by atoms with Gasteiger partial charge in [0.25, 0.3) is 17.3 Å². The number of nitrogens with zero attached hydrogens (tertiary/aromatic N) is 4. The molecule has 0 radical (unpaired) electrons. The second kappa shape index (κ2) is 5.58. The Labute approximate surface area is 146 Å². The molecule has 26 heavy (non-hydrogen) atoms. The van der Waals surface area contributed by atoms with E-state index in [0.717, 1.165) is 4.68 Å². The molecule has 8 nitrogen and oxygen atoms in total. The van der Waals surface area contributed by atoms with Crippen LogP contribution in [0.4, 0.5) is 4.39 Å². The predicted molar refractivity (Wildman–Crippen MR) is 89.8 cm³/mol. The van der Waals surface area contributed by atoms with E-state index in [9.17, 15) is 24.2 Å². The highest BCUT2D eigenvalue weighted by Gasteiger charge is 2.32. The first-order chi connectivity index (χ1) is 12.4. The fourth-order valence-corrected chi connectivity index (χ4v) is 3.22. The van der Waals surface area contributed by atoms with Crippen LogP contribution >= 0.6 is 0 Å². The monoisotopic (exact) mass is 358 g/mol. The number of aromatic nitrogens is 3. The first-order valence-corrected chi connectivity index (χ1v) is 7.93. The van der Waals surface area contributed by atoms with Crippen molar-refractivity contribution in [2.45, 2.75) is 13.1 Å². The van der Waals surface area contributed by atoms with Crippen molar-refractivity contribution in [2.24, 2.45) is 0 Å². The molecule has 0 atom stereocenters. The van der Waals surface area contributed by atoms with Gasteiger partial charge in [0.05, 0.1) is 6.54 Å². The predicted octanol–water partition coefficient (Wildman–Crippen LogP) is 0.882. The Bertz CT molecular complexity index is 1100. The van der Waals surface area contributed by atoms with Crippen LogP contribution in [0.2, 0.25) is 0 Å². The third-order valence-corrected chi connectivity index (χ3v) is 4.57. The van der Waals surface area contributed by atoms with Crippen LogP contribution in [0.3, 0.4) is 0 Å². The third kappa shape index (κ3) is 2.24. The van der Waals surface area contributed by atoms with E-state index in [1.165, 1.54) is 33.7 Å². The molecule has 0 saturated heterocycles. The molecule has 4 rings (SSSR count). The molecule has 1 aliphatic heterocycles. The number of carbonyl (C=O) groups is 1. The maximum absolute atomic E-state index is 13.0. The van der Waals surface area contributed by atoms with Crippen LogP contribution < -0.4 is 5.56 Å². The SMILES string of the molecule is CN1CCn2c(c(O)c3c(=O)n(Cc4ccc(F)cc4)nc(O)c32)C1=O. The zero-order valence-electron chi connectivity index (χ0n) is 13.8. The second-order valence-electron chi connectivity index (χ2n) is 6.21. The van der Waals surface area contributed by atoms with Crippen LogP contribution in [0.15, 0.2) is 29.1 Å². The molecule has 1 aromatic carbocycles. The normalized spacial score (nSPS) is 14.1. The number of aromatic hydroxyl groups is 2. The summed E-state index contributed by atoms with van der Waals surface area (Å²) in [6, 6.07) is 5.49. The Morgan fingerprint density at radius 2 is 1.85 bits per heavy atom. The highest BCUT2D eigenvalue weighted by atomic mass is 19.1. The number of amides is 1. The Morgan fingerprint density at radius 1 is 1.15 bits per heavy atom. The molecule has 2 aromatic heterocycles. The maximum atomic E-state index is 13.0. The Hall–Kier alpha value is -3.36. The number of likely N-dealkylation sites (N-methyl/N-ethyl adjacent to an activating group) is 1. The summed E-state index contributed by atoms with van der Waals surface area (Å²) in [7, 11) is 1.59. The molecule has 0 aliphatic carbocycles. The Morgan fingerprint density at radius 3 is 2.54 bits per heavy atom. The van der Waals surface area contributed by atoms with Crippen LogP contribution in [0.25, 0.3) is 10.9 Å². The molecule has 3 heterocycles. The number of carbonyl (C=O) groups excluding carboxylic acids is 1. The molecule has 134 valence electrons. The number of hydrogen-bond donors (Lipinski definition) is 2. The summed E-state index contributed by atoms with van der Waals surface area (Å²) in [5, 5.41) is 24.6. The summed E-state index contributed by atoms with van der Waals surface area (Å²) in [5.74, 6) is -1.77. The van der Waals surface area contributed by atoms with Gasteiger partial charge in [-0.3, -0.25) is 9.59 Å². The lowest BCUT2D eigenvalue weighted by atomic mass is 10.2. The maximum Gasteiger partial charge on any atom is 0.280 e. The van der Waals surface area contributed by atoms with Crippen molar-refractivity contribution in [3.8, 4) is 11.6 Å². The van der Waals surface area contributed by atoms with Gasteiger partial charge in [-0.05, 0) is 17.7 Å². The molecule has 0 fully saturated rings. The van der Waals surface area contributed by atoms with Crippen LogP contribution in [-0.4, -0.2) is 49.0 Å². The van der Waals surface area contributed by atoms with Gasteiger partial charge >= 0.3 is 0 Å². The van der Waals surface area contributed by atoms with Gasteiger partial charge in [0.1, 0.15) is 16.7 Å². The summed E-state index contributed by atoms with van der Waals surface area (Å²) in [6.45, 7) is 0.689. The molecular weight excluding hydrogens is 343 g/mol. The first kappa shape index (κ1) is 16.1. The zero-order valence-corrected chi connectivity index (χ0v) is 13.8. The molecule has 1 aliphatic rings. The summed E-state index contributed by atoms with van der Waals surface area (Å²) < 4.78 is 15.4. The van der Waals surface area contributed by atoms with Crippen molar-refractivity contribution in [1.82, 2.24) is 19.2 Å². The van der Waals surface area contributed by atoms with E-state index in [1.807, 2.05) is 0 Å². The van der Waals surface area contributed by atoms with Gasteiger partial charge in [-0.1, -0.05) is 12.1 Å². The van der Waals surface area contributed by atoms with Crippen LogP contribution in [0.1, 0.15) is 16.1 Å². The molecular formula is C17H15FN4O4. The minimum absolute atomic E-state index is 0.0174. The van der Waals surface area contributed by atoms with E-state index in [2.05, 4.69) is 5.10 Å². The number of benzene rings is 1. The molecule has 1 amide bonds. The molecule has 0 spiro atoms. The molecule has 0 unspecified atom stereocenters. The first-order valence-electron chi connectivity index (χ1n) is 7.93. The van der Waals surface area contributed by atoms with E-state index in [0.29, 0.717) is 18.7 Å². The van der Waals surface area contributed by atoms with E-state index >= 15 is 0 Å². The average molecular weight is 358 g/mol. The van der Waals surface area contributed by atoms with E-state index in [-0.39, 0.29) is 23.1 Å². The van der Waals surface area contributed by atoms with Gasteiger partial charge in [-0.2, -0.15) is 0 Å². The smallest absolute Gasteiger partial charge is 0.280 e. The average Bonchev–Trinajstić information content (AvgIpc) is 2.92. The van der Waals surface area contributed by atoms with E-state index < -0.39 is 28.9 Å². The molecule has 0 saturated carbocycles. The molecule has 0 bridgehead atoms. The van der Waals surface area contributed by atoms with Crippen LogP contribution in [0, 0.1) is 5.82 Å². The quantitative estimate of drug-likeness (QED) is 0.708. The topological polar surface area (TPSA) is 101 Å². The zero-order chi connectivity index (χ0) is 18.6. The second-order valence-corrected chi connectivity index (χ2v) is 6.21. The third-order valence-electron chi connectivity index (χ3n) is 4.57. The van der Waals surface area contributed by atoms with Crippen molar-refractivity contribution < 1.29 is 19.4 Å². The molecule has 9 heteroatoms. The fourth-order valence-electron chi connectivity index (χ4n) is 3.22. The van der Waals surface area contributed by atoms with Gasteiger partial charge < -0.3 is 19.7 Å². The van der Waals surface area contributed by atoms with Crippen LogP contribution in [-0.2, 0) is 13.1 Å². The van der Waals surface area contributed by atoms with Gasteiger partial charge in [-0.15, -0.1) is 5.10 Å². The minimum atomic E-state index is -0.642. The van der Waals surface area contributed by atoms with Gasteiger partial charge in [-0.25, -0.2) is 9.07 Å². The summed E-state index contributed by atoms with van der Waals surface area (Å²) in [5.41, 5.74) is -0.0437. The van der Waals surface area contributed by atoms with Crippen molar-refractivity contribution in [3.05, 3.63) is 51.7 Å². The fraction of sp³-hybridized carbons (Fsp3) is 0.235. The van der Waals surface area contributed by atoms with Crippen molar-refractivity contribution in [1.29, 1.82) is 0 Å². The number of fused-ring (bicyclic) bond motifs is 3. The summed E-state index contributed by atoms with van der Waals surface area (Å²) in [4.78, 5) is 26.6. The summed E-state index contributed by atoms with van der Waals surface area (Å²) >= 11 is 0. The van der Waals surface area contributed by atoms with Crippen molar-refractivity contribution in [2.75, 3.05) is 13.6 Å². The largest absolute Gasteiger partial charge is 0.505 e. The number of hydrogen-bond acceptors (Lipinski definition) is 5. The van der Waals surface area contributed by atoms with Crippen molar-refractivity contribution in [3.63, 3.8) is 0 Å². The lowest BCUT2D eigenvalue weighted by Crippen LogP contribution is -2.36. The van der Waals surface area contributed by atoms with Crippen LogP contribution in [0.5, 0.6) is 11.6 Å². The van der Waals surface area contributed by atoms with E-state index in [1.54, 1.807) is 7.05 Å². The van der Waals surface area contributed by atoms with Gasteiger partial charge in [0, 0.05) is 20.1 Å². The highest BCUT2D eigenvalue weighted by molar-refractivity contribution is 6.05.